The molecule has 0 aliphatic heterocycles. The summed E-state index contributed by atoms with van der Waals surface area (Å²) in [5.74, 6) is -1.09. The summed E-state index contributed by atoms with van der Waals surface area (Å²) in [7, 11) is -3.34. The molecule has 4 N–H and O–H groups in total. The normalized spacial score (nSPS) is 11.3. The third-order valence-corrected chi connectivity index (χ3v) is 2.43. The molecule has 1 amide bonds. The maximum absolute atomic E-state index is 11.2. The molecule has 0 bridgehead atoms. The summed E-state index contributed by atoms with van der Waals surface area (Å²) < 4.78 is 21.6. The topological polar surface area (TPSA) is 118 Å². The first kappa shape index (κ1) is 11.5. The van der Waals surface area contributed by atoms with Gasteiger partial charge in [-0.3, -0.25) is 9.89 Å². The Balaban J connectivity index is 2.72. The van der Waals surface area contributed by atoms with Gasteiger partial charge < -0.3 is 11.1 Å². The Morgan fingerprint density at radius 2 is 2.20 bits per heavy atom. The number of hydrogen-bond acceptors (Lipinski definition) is 5. The van der Waals surface area contributed by atoms with E-state index in [2.05, 4.69) is 15.5 Å². The second kappa shape index (κ2) is 3.89. The van der Waals surface area contributed by atoms with Gasteiger partial charge in [0.05, 0.1) is 11.4 Å². The van der Waals surface area contributed by atoms with Crippen molar-refractivity contribution in [3.63, 3.8) is 0 Å². The van der Waals surface area contributed by atoms with E-state index in [1.54, 1.807) is 6.92 Å². The summed E-state index contributed by atoms with van der Waals surface area (Å²) in [6, 6.07) is 0. The lowest BCUT2D eigenvalue weighted by Crippen LogP contribution is -2.22. The van der Waals surface area contributed by atoms with Crippen LogP contribution in [0.25, 0.3) is 0 Å². The van der Waals surface area contributed by atoms with Crippen LogP contribution in [0, 0.1) is 6.92 Å². The highest BCUT2D eigenvalue weighted by atomic mass is 32.2. The molecule has 0 unspecified atom stereocenters. The largest absolute Gasteiger partial charge is 0.394 e. The fraction of sp³-hybridized carbons (Fsp3) is 0.429. The van der Waals surface area contributed by atoms with E-state index in [4.69, 9.17) is 5.73 Å². The highest BCUT2D eigenvalue weighted by molar-refractivity contribution is 7.91. The van der Waals surface area contributed by atoms with Crippen molar-refractivity contribution in [2.75, 3.05) is 23.1 Å². The Kier molecular flexibility index (Phi) is 2.98. The van der Waals surface area contributed by atoms with Gasteiger partial charge >= 0.3 is 0 Å². The smallest absolute Gasteiger partial charge is 0.240 e. The number of aromatic amines is 1. The summed E-state index contributed by atoms with van der Waals surface area (Å²) >= 11 is 0. The molecule has 1 aromatic heterocycles. The minimum absolute atomic E-state index is 0.154. The first-order valence-electron chi connectivity index (χ1n) is 4.07. The predicted octanol–water partition coefficient (Wildman–Crippen LogP) is -0.717. The van der Waals surface area contributed by atoms with Crippen LogP contribution in [0.1, 0.15) is 5.69 Å². The van der Waals surface area contributed by atoms with E-state index >= 15 is 0 Å². The number of sulfone groups is 1. The van der Waals surface area contributed by atoms with Gasteiger partial charge in [0.2, 0.25) is 5.91 Å². The number of hydrogen-bond donors (Lipinski definition) is 3. The van der Waals surface area contributed by atoms with Crippen LogP contribution in [0.4, 0.5) is 11.5 Å². The molecule has 0 fully saturated rings. The fourth-order valence-electron chi connectivity index (χ4n) is 0.939. The molecule has 0 atom stereocenters. The minimum atomic E-state index is -3.34. The Morgan fingerprint density at radius 1 is 1.60 bits per heavy atom. The second-order valence-corrected chi connectivity index (χ2v) is 5.37. The van der Waals surface area contributed by atoms with Gasteiger partial charge in [-0.05, 0) is 6.92 Å². The maximum atomic E-state index is 11.2. The summed E-state index contributed by atoms with van der Waals surface area (Å²) in [6.45, 7) is 1.69. The zero-order valence-corrected chi connectivity index (χ0v) is 9.18. The Bertz CT molecular complexity index is 476. The van der Waals surface area contributed by atoms with Crippen molar-refractivity contribution in [2.24, 2.45) is 0 Å². The molecular formula is C7H12N4O3S. The molecule has 0 saturated carbocycles. The van der Waals surface area contributed by atoms with Gasteiger partial charge in [-0.25, -0.2) is 8.42 Å². The number of nitrogens with one attached hydrogen (secondary N) is 2. The quantitative estimate of drug-likeness (QED) is 0.635. The first-order chi connectivity index (χ1) is 6.79. The van der Waals surface area contributed by atoms with E-state index < -0.39 is 21.5 Å². The van der Waals surface area contributed by atoms with E-state index in [-0.39, 0.29) is 5.82 Å². The van der Waals surface area contributed by atoms with E-state index in [9.17, 15) is 13.2 Å². The number of rotatable bonds is 3. The van der Waals surface area contributed by atoms with Crippen molar-refractivity contribution < 1.29 is 13.2 Å². The molecule has 0 radical (unpaired) electrons. The fourth-order valence-corrected chi connectivity index (χ4v) is 1.49. The summed E-state index contributed by atoms with van der Waals surface area (Å²) in [4.78, 5) is 11.2. The number of amides is 1. The van der Waals surface area contributed by atoms with E-state index in [1.807, 2.05) is 0 Å². The Labute approximate surface area is 87.0 Å². The van der Waals surface area contributed by atoms with Crippen LogP contribution < -0.4 is 11.1 Å². The van der Waals surface area contributed by atoms with Crippen molar-refractivity contribution in [3.8, 4) is 0 Å². The van der Waals surface area contributed by atoms with Crippen molar-refractivity contribution in [1.82, 2.24) is 10.2 Å². The lowest BCUT2D eigenvalue weighted by molar-refractivity contribution is -0.113. The molecule has 15 heavy (non-hydrogen) atoms. The number of aryl methyl sites for hydroxylation is 1. The summed E-state index contributed by atoms with van der Waals surface area (Å²) in [5, 5.41) is 8.58. The molecule has 1 aromatic rings. The Hall–Kier alpha value is -1.57. The number of nitrogens with two attached hydrogens (primary N) is 1. The number of anilines is 2. The highest BCUT2D eigenvalue weighted by Gasteiger charge is 2.14. The molecule has 1 rings (SSSR count). The van der Waals surface area contributed by atoms with Crippen molar-refractivity contribution in [2.45, 2.75) is 6.92 Å². The predicted molar refractivity (Wildman–Crippen MR) is 56.1 cm³/mol. The molecule has 0 spiro atoms. The number of carbonyl (C=O) groups is 1. The molecule has 1 heterocycles. The second-order valence-electron chi connectivity index (χ2n) is 3.23. The average Bonchev–Trinajstić information content (AvgIpc) is 2.32. The maximum Gasteiger partial charge on any atom is 0.240 e. The SMILES string of the molecule is Cc1[nH]nc(NC(=O)CS(C)(=O)=O)c1N. The number of carbonyl (C=O) groups excluding carboxylic acids is 1. The van der Waals surface area contributed by atoms with Crippen LogP contribution in [-0.2, 0) is 14.6 Å². The van der Waals surface area contributed by atoms with Crippen molar-refractivity contribution in [3.05, 3.63) is 5.69 Å². The zero-order valence-electron chi connectivity index (χ0n) is 8.36. The number of nitrogen functional groups attached to an aromatic ring is 1. The minimum Gasteiger partial charge on any atom is -0.394 e. The number of H-pyrrole nitrogens is 1. The van der Waals surface area contributed by atoms with Gasteiger partial charge in [-0.15, -0.1) is 0 Å². The van der Waals surface area contributed by atoms with E-state index in [1.165, 1.54) is 0 Å². The average molecular weight is 232 g/mol. The van der Waals surface area contributed by atoms with Gasteiger partial charge in [-0.2, -0.15) is 5.10 Å². The van der Waals surface area contributed by atoms with Gasteiger partial charge in [0, 0.05) is 6.26 Å². The molecule has 0 aliphatic rings. The van der Waals surface area contributed by atoms with Crippen molar-refractivity contribution >= 4 is 27.2 Å². The summed E-state index contributed by atoms with van der Waals surface area (Å²) in [6.07, 6.45) is 0.978. The van der Waals surface area contributed by atoms with Gasteiger partial charge in [-0.1, -0.05) is 0 Å². The molecule has 84 valence electrons. The number of nitrogens with zero attached hydrogens (tertiary/aromatic N) is 1. The monoisotopic (exact) mass is 232 g/mol. The van der Waals surface area contributed by atoms with E-state index in [0.717, 1.165) is 6.26 Å². The standard InChI is InChI=1S/C7H12N4O3S/c1-4-6(8)7(11-10-4)9-5(12)3-15(2,13)14/h3,8H2,1-2H3,(H2,9,10,11,12). The lowest BCUT2D eigenvalue weighted by atomic mass is 10.4. The van der Waals surface area contributed by atoms with Gasteiger partial charge in [0.1, 0.15) is 5.75 Å². The molecular weight excluding hydrogens is 220 g/mol. The Morgan fingerprint density at radius 3 is 2.60 bits per heavy atom. The lowest BCUT2D eigenvalue weighted by Gasteiger charge is -2.01. The van der Waals surface area contributed by atoms with Crippen LogP contribution in [-0.4, -0.2) is 36.5 Å². The first-order valence-corrected chi connectivity index (χ1v) is 6.13. The molecule has 0 saturated heterocycles. The molecule has 0 aromatic carbocycles. The van der Waals surface area contributed by atoms with Crippen LogP contribution in [0.15, 0.2) is 0 Å². The summed E-state index contributed by atoms with van der Waals surface area (Å²) in [5.41, 5.74) is 6.47. The molecule has 7 nitrogen and oxygen atoms in total. The van der Waals surface area contributed by atoms with Crippen LogP contribution in [0.2, 0.25) is 0 Å². The van der Waals surface area contributed by atoms with Crippen LogP contribution in [0.5, 0.6) is 0 Å². The zero-order chi connectivity index (χ0) is 11.6. The highest BCUT2D eigenvalue weighted by Crippen LogP contribution is 2.17. The van der Waals surface area contributed by atoms with Gasteiger partial charge in [0.25, 0.3) is 0 Å². The third kappa shape index (κ3) is 3.24. The van der Waals surface area contributed by atoms with E-state index in [0.29, 0.717) is 11.4 Å². The van der Waals surface area contributed by atoms with Gasteiger partial charge in [0.15, 0.2) is 15.7 Å². The van der Waals surface area contributed by atoms with Crippen LogP contribution >= 0.6 is 0 Å². The third-order valence-electron chi connectivity index (χ3n) is 1.65. The van der Waals surface area contributed by atoms with Crippen LogP contribution in [0.3, 0.4) is 0 Å². The molecule has 0 aliphatic carbocycles. The molecule has 8 heteroatoms. The number of aromatic nitrogens is 2. The van der Waals surface area contributed by atoms with Crippen molar-refractivity contribution in [1.29, 1.82) is 0 Å².